The summed E-state index contributed by atoms with van der Waals surface area (Å²) in [5.41, 5.74) is 3.33. The van der Waals surface area contributed by atoms with E-state index >= 15 is 0 Å². The first-order chi connectivity index (χ1) is 8.69. The molecule has 0 aliphatic carbocycles. The Morgan fingerprint density at radius 3 is 2.67 bits per heavy atom. The number of carboxylic acid groups (broad SMARTS) is 1. The van der Waals surface area contributed by atoms with Crippen molar-refractivity contribution in [2.45, 2.75) is 26.2 Å². The fourth-order valence-corrected chi connectivity index (χ4v) is 2.49. The van der Waals surface area contributed by atoms with E-state index in [1.165, 1.54) is 16.9 Å². The third-order valence-corrected chi connectivity index (χ3v) is 3.67. The standard InChI is InChI=1S/C14H15NO2S/c1-2-10-3-5-11(6-4-10)12-9-18-13(15-12)7-8-14(16)17/h3-6,9H,2,7-8H2,1H3,(H,16,17). The largest absolute Gasteiger partial charge is 0.481 e. The second-order valence-electron chi connectivity index (χ2n) is 4.07. The fraction of sp³-hybridized carbons (Fsp3) is 0.286. The molecule has 0 amide bonds. The minimum atomic E-state index is -0.779. The number of aromatic nitrogens is 1. The first kappa shape index (κ1) is 12.8. The molecule has 0 fully saturated rings. The van der Waals surface area contributed by atoms with Gasteiger partial charge in [-0.3, -0.25) is 4.79 Å². The Morgan fingerprint density at radius 2 is 2.06 bits per heavy atom. The van der Waals surface area contributed by atoms with E-state index in [0.717, 1.165) is 22.7 Å². The normalized spacial score (nSPS) is 10.5. The van der Waals surface area contributed by atoms with E-state index in [4.69, 9.17) is 5.11 Å². The Morgan fingerprint density at radius 1 is 1.33 bits per heavy atom. The van der Waals surface area contributed by atoms with Crippen LogP contribution in [0.5, 0.6) is 0 Å². The molecule has 0 unspecified atom stereocenters. The Bertz CT molecular complexity index is 531. The van der Waals surface area contributed by atoms with E-state index in [1.807, 2.05) is 5.38 Å². The highest BCUT2D eigenvalue weighted by atomic mass is 32.1. The van der Waals surface area contributed by atoms with Crippen LogP contribution < -0.4 is 0 Å². The summed E-state index contributed by atoms with van der Waals surface area (Å²) >= 11 is 1.52. The minimum absolute atomic E-state index is 0.141. The Hall–Kier alpha value is -1.68. The summed E-state index contributed by atoms with van der Waals surface area (Å²) in [5.74, 6) is -0.779. The number of benzene rings is 1. The van der Waals surface area contributed by atoms with Crippen molar-refractivity contribution in [1.29, 1.82) is 0 Å². The molecule has 3 nitrogen and oxygen atoms in total. The number of nitrogens with zero attached hydrogens (tertiary/aromatic N) is 1. The molecular weight excluding hydrogens is 246 g/mol. The van der Waals surface area contributed by atoms with Gasteiger partial charge in [-0.1, -0.05) is 31.2 Å². The SMILES string of the molecule is CCc1ccc(-c2csc(CCC(=O)O)n2)cc1. The lowest BCUT2D eigenvalue weighted by Gasteiger charge is -1.99. The molecule has 2 aromatic rings. The molecule has 0 saturated heterocycles. The number of hydrogen-bond acceptors (Lipinski definition) is 3. The molecule has 0 radical (unpaired) electrons. The van der Waals surface area contributed by atoms with Gasteiger partial charge in [-0.15, -0.1) is 11.3 Å². The lowest BCUT2D eigenvalue weighted by Crippen LogP contribution is -1.96. The number of carboxylic acids is 1. The van der Waals surface area contributed by atoms with E-state index in [0.29, 0.717) is 6.42 Å². The fourth-order valence-electron chi connectivity index (χ4n) is 1.68. The number of hydrogen-bond donors (Lipinski definition) is 1. The molecule has 18 heavy (non-hydrogen) atoms. The molecule has 0 saturated carbocycles. The van der Waals surface area contributed by atoms with Crippen LogP contribution in [0.25, 0.3) is 11.3 Å². The molecule has 0 spiro atoms. The van der Waals surface area contributed by atoms with Crippen LogP contribution in [0.3, 0.4) is 0 Å². The van der Waals surface area contributed by atoms with Gasteiger partial charge in [0.2, 0.25) is 0 Å². The topological polar surface area (TPSA) is 50.2 Å². The maximum absolute atomic E-state index is 10.5. The highest BCUT2D eigenvalue weighted by Crippen LogP contribution is 2.23. The summed E-state index contributed by atoms with van der Waals surface area (Å²) in [4.78, 5) is 15.0. The zero-order chi connectivity index (χ0) is 13.0. The van der Waals surface area contributed by atoms with Gasteiger partial charge in [-0.25, -0.2) is 4.98 Å². The van der Waals surface area contributed by atoms with Crippen molar-refractivity contribution in [3.8, 4) is 11.3 Å². The van der Waals surface area contributed by atoms with Gasteiger partial charge in [0.15, 0.2) is 0 Å². The summed E-state index contributed by atoms with van der Waals surface area (Å²) in [7, 11) is 0. The number of carbonyl (C=O) groups is 1. The number of thiazole rings is 1. The highest BCUT2D eigenvalue weighted by Gasteiger charge is 2.06. The van der Waals surface area contributed by atoms with Crippen LogP contribution in [-0.4, -0.2) is 16.1 Å². The van der Waals surface area contributed by atoms with Gasteiger partial charge >= 0.3 is 5.97 Å². The Balaban J connectivity index is 2.10. The molecule has 0 atom stereocenters. The summed E-state index contributed by atoms with van der Waals surface area (Å²) in [5, 5.41) is 11.5. The third kappa shape index (κ3) is 3.17. The molecule has 4 heteroatoms. The number of aryl methyl sites for hydroxylation is 2. The van der Waals surface area contributed by atoms with E-state index in [9.17, 15) is 4.79 Å². The van der Waals surface area contributed by atoms with Gasteiger partial charge in [-0.2, -0.15) is 0 Å². The maximum Gasteiger partial charge on any atom is 0.303 e. The average molecular weight is 261 g/mol. The van der Waals surface area contributed by atoms with Gasteiger partial charge in [-0.05, 0) is 12.0 Å². The van der Waals surface area contributed by atoms with Crippen LogP contribution in [0.4, 0.5) is 0 Å². The molecule has 0 aliphatic rings. The quantitative estimate of drug-likeness (QED) is 0.897. The zero-order valence-electron chi connectivity index (χ0n) is 10.2. The second-order valence-corrected chi connectivity index (χ2v) is 5.01. The lowest BCUT2D eigenvalue weighted by molar-refractivity contribution is -0.136. The van der Waals surface area contributed by atoms with Gasteiger partial charge in [0.25, 0.3) is 0 Å². The van der Waals surface area contributed by atoms with Crippen LogP contribution in [0.2, 0.25) is 0 Å². The molecule has 1 N–H and O–H groups in total. The smallest absolute Gasteiger partial charge is 0.303 e. The van der Waals surface area contributed by atoms with Gasteiger partial charge in [0.05, 0.1) is 17.1 Å². The van der Waals surface area contributed by atoms with E-state index in [2.05, 4.69) is 36.2 Å². The monoisotopic (exact) mass is 261 g/mol. The average Bonchev–Trinajstić information content (AvgIpc) is 2.85. The van der Waals surface area contributed by atoms with Crippen molar-refractivity contribution < 1.29 is 9.90 Å². The summed E-state index contributed by atoms with van der Waals surface area (Å²) in [6.45, 7) is 2.13. The van der Waals surface area contributed by atoms with Crippen LogP contribution in [0.1, 0.15) is 23.9 Å². The minimum Gasteiger partial charge on any atom is -0.481 e. The molecule has 1 aromatic carbocycles. The van der Waals surface area contributed by atoms with Gasteiger partial charge in [0, 0.05) is 17.4 Å². The number of aliphatic carboxylic acids is 1. The van der Waals surface area contributed by atoms with Gasteiger partial charge in [0.1, 0.15) is 0 Å². The molecule has 2 rings (SSSR count). The predicted octanol–water partition coefficient (Wildman–Crippen LogP) is 3.39. The van der Waals surface area contributed by atoms with Crippen molar-refractivity contribution >= 4 is 17.3 Å². The van der Waals surface area contributed by atoms with Crippen molar-refractivity contribution in [2.75, 3.05) is 0 Å². The van der Waals surface area contributed by atoms with Gasteiger partial charge < -0.3 is 5.11 Å². The molecule has 0 aliphatic heterocycles. The summed E-state index contributed by atoms with van der Waals surface area (Å²) < 4.78 is 0. The first-order valence-corrected chi connectivity index (χ1v) is 6.82. The maximum atomic E-state index is 10.5. The van der Waals surface area contributed by atoms with E-state index in [-0.39, 0.29) is 6.42 Å². The predicted molar refractivity (Wildman–Crippen MR) is 72.9 cm³/mol. The van der Waals surface area contributed by atoms with Crippen molar-refractivity contribution in [1.82, 2.24) is 4.98 Å². The molecular formula is C14H15NO2S. The van der Waals surface area contributed by atoms with Crippen LogP contribution in [0, 0.1) is 0 Å². The van der Waals surface area contributed by atoms with Crippen molar-refractivity contribution in [2.24, 2.45) is 0 Å². The Kier molecular flexibility index (Phi) is 4.10. The van der Waals surface area contributed by atoms with Crippen molar-refractivity contribution in [3.05, 3.63) is 40.2 Å². The van der Waals surface area contributed by atoms with Crippen molar-refractivity contribution in [3.63, 3.8) is 0 Å². The molecule has 94 valence electrons. The molecule has 1 heterocycles. The summed E-state index contributed by atoms with van der Waals surface area (Å²) in [6.07, 6.45) is 1.68. The van der Waals surface area contributed by atoms with Crippen LogP contribution >= 0.6 is 11.3 Å². The van der Waals surface area contributed by atoms with E-state index < -0.39 is 5.97 Å². The summed E-state index contributed by atoms with van der Waals surface area (Å²) in [6, 6.07) is 8.33. The lowest BCUT2D eigenvalue weighted by atomic mass is 10.1. The van der Waals surface area contributed by atoms with E-state index in [1.54, 1.807) is 0 Å². The second kappa shape index (κ2) is 5.78. The Labute approximate surface area is 110 Å². The third-order valence-electron chi connectivity index (χ3n) is 2.76. The highest BCUT2D eigenvalue weighted by molar-refractivity contribution is 7.09. The van der Waals surface area contributed by atoms with Crippen LogP contribution in [0.15, 0.2) is 29.6 Å². The first-order valence-electron chi connectivity index (χ1n) is 5.94. The molecule has 1 aromatic heterocycles. The zero-order valence-corrected chi connectivity index (χ0v) is 11.0. The molecule has 0 bridgehead atoms. The number of rotatable bonds is 5. The van der Waals surface area contributed by atoms with Crippen LogP contribution in [-0.2, 0) is 17.6 Å².